The van der Waals surface area contributed by atoms with E-state index in [0.29, 0.717) is 0 Å². The summed E-state index contributed by atoms with van der Waals surface area (Å²) in [5.74, 6) is 0.798. The van der Waals surface area contributed by atoms with Gasteiger partial charge in [0, 0.05) is 23.7 Å². The highest BCUT2D eigenvalue weighted by Crippen LogP contribution is 2.40. The van der Waals surface area contributed by atoms with Crippen LogP contribution in [0, 0.1) is 12.8 Å². The second kappa shape index (κ2) is 13.0. The highest BCUT2D eigenvalue weighted by atomic mass is 32.1. The molecule has 1 aliphatic heterocycles. The number of nitrogens with one attached hydrogen (secondary N) is 1. The van der Waals surface area contributed by atoms with Crippen molar-refractivity contribution in [2.75, 3.05) is 43.9 Å². The third kappa shape index (κ3) is 7.63. The first-order valence-electron chi connectivity index (χ1n) is 14.5. The van der Waals surface area contributed by atoms with E-state index < -0.39 is 0 Å². The van der Waals surface area contributed by atoms with Gasteiger partial charge in [-0.2, -0.15) is 0 Å². The molecule has 206 valence electrons. The molecule has 2 saturated carbocycles. The second-order valence-corrected chi connectivity index (χ2v) is 12.0. The molecule has 3 N–H and O–H groups in total. The molecule has 2 aliphatic carbocycles. The Morgan fingerprint density at radius 1 is 1.10 bits per heavy atom. The molecule has 3 aromatic rings. The Labute approximate surface area is 238 Å². The number of nitrogen functional groups attached to an aromatic ring is 1. The van der Waals surface area contributed by atoms with Crippen molar-refractivity contribution in [3.8, 4) is 10.4 Å². The van der Waals surface area contributed by atoms with Gasteiger partial charge in [-0.3, -0.25) is 4.90 Å². The lowest BCUT2D eigenvalue weighted by Gasteiger charge is -2.25. The summed E-state index contributed by atoms with van der Waals surface area (Å²) in [6.07, 6.45) is 8.66. The van der Waals surface area contributed by atoms with Gasteiger partial charge in [0.15, 0.2) is 0 Å². The van der Waals surface area contributed by atoms with Crippen LogP contribution in [0.2, 0.25) is 0 Å². The van der Waals surface area contributed by atoms with Crippen LogP contribution in [0.15, 0.2) is 65.1 Å². The maximum atomic E-state index is 6.36. The predicted octanol–water partition coefficient (Wildman–Crippen LogP) is 8.46. The standard InChI is InChI=1S/C27H28N2S.C7H15NO/c1-17-5-6-22(15-23(17)14-18(2)19-7-8-19)27(20-9-10-20)29-25-16-21(11-12-24(25)28)26-4-3-13-30-26;1-2-3-8-4-6-9-7-5-8/h3-6,11-16,19,29H,7-10,28H2,1-2H3;2-7H2,1H3/b18-14+;. The molecule has 0 radical (unpaired) electrons. The Balaban J connectivity index is 0.000000292. The van der Waals surface area contributed by atoms with Crippen LogP contribution in [0.25, 0.3) is 22.2 Å². The lowest BCUT2D eigenvalue weighted by molar-refractivity contribution is 0.0380. The van der Waals surface area contributed by atoms with E-state index in [-0.39, 0.29) is 0 Å². The predicted molar refractivity (Wildman–Crippen MR) is 169 cm³/mol. The molecular formula is C34H43N3OS. The van der Waals surface area contributed by atoms with Crippen molar-refractivity contribution in [1.29, 1.82) is 0 Å². The Bertz CT molecular complexity index is 1310. The summed E-state index contributed by atoms with van der Waals surface area (Å²) >= 11 is 1.75. The quantitative estimate of drug-likeness (QED) is 0.281. The van der Waals surface area contributed by atoms with Crippen LogP contribution in [0.5, 0.6) is 0 Å². The molecule has 3 aliphatic rings. The van der Waals surface area contributed by atoms with Crippen molar-refractivity contribution in [2.45, 2.75) is 52.9 Å². The lowest BCUT2D eigenvalue weighted by Crippen LogP contribution is -2.36. The summed E-state index contributed by atoms with van der Waals surface area (Å²) < 4.78 is 5.20. The van der Waals surface area contributed by atoms with Gasteiger partial charge in [0.05, 0.1) is 24.6 Å². The lowest BCUT2D eigenvalue weighted by atomic mass is 9.99. The molecule has 0 spiro atoms. The minimum atomic E-state index is 0.783. The number of ether oxygens (including phenoxy) is 1. The van der Waals surface area contributed by atoms with E-state index in [4.69, 9.17) is 10.5 Å². The van der Waals surface area contributed by atoms with Crippen LogP contribution in [0.3, 0.4) is 0 Å². The van der Waals surface area contributed by atoms with Gasteiger partial charge in [-0.15, -0.1) is 11.3 Å². The normalized spacial score (nSPS) is 17.4. The van der Waals surface area contributed by atoms with Crippen LogP contribution in [0.1, 0.15) is 62.6 Å². The number of benzene rings is 2. The van der Waals surface area contributed by atoms with Crippen LogP contribution in [0.4, 0.5) is 11.4 Å². The van der Waals surface area contributed by atoms with Crippen LogP contribution < -0.4 is 11.1 Å². The van der Waals surface area contributed by atoms with Crippen molar-refractivity contribution in [3.05, 3.63) is 81.7 Å². The fourth-order valence-corrected chi connectivity index (χ4v) is 5.79. The van der Waals surface area contributed by atoms with Crippen molar-refractivity contribution in [2.24, 2.45) is 5.92 Å². The van der Waals surface area contributed by atoms with Gasteiger partial charge in [0.2, 0.25) is 0 Å². The highest BCUT2D eigenvalue weighted by molar-refractivity contribution is 7.13. The minimum Gasteiger partial charge on any atom is -0.397 e. The fraction of sp³-hybridized carbons (Fsp3) is 0.412. The average Bonchev–Trinajstić information content (AvgIpc) is 3.89. The van der Waals surface area contributed by atoms with Gasteiger partial charge in [-0.1, -0.05) is 42.8 Å². The molecule has 2 aromatic carbocycles. The summed E-state index contributed by atoms with van der Waals surface area (Å²) in [5, 5.41) is 5.81. The zero-order valence-corrected chi connectivity index (χ0v) is 24.6. The molecule has 5 heteroatoms. The monoisotopic (exact) mass is 541 g/mol. The van der Waals surface area contributed by atoms with Crippen LogP contribution in [-0.2, 0) is 4.74 Å². The molecule has 6 rings (SSSR count). The van der Waals surface area contributed by atoms with Gasteiger partial charge in [0.25, 0.3) is 0 Å². The van der Waals surface area contributed by atoms with Gasteiger partial charge in [-0.25, -0.2) is 0 Å². The Hall–Kier alpha value is -2.86. The Morgan fingerprint density at radius 2 is 1.90 bits per heavy atom. The largest absolute Gasteiger partial charge is 0.397 e. The zero-order valence-electron chi connectivity index (χ0n) is 23.8. The number of nitrogens with two attached hydrogens (primary N) is 1. The highest BCUT2D eigenvalue weighted by Gasteiger charge is 2.23. The number of morpholine rings is 1. The molecule has 3 fully saturated rings. The molecule has 39 heavy (non-hydrogen) atoms. The summed E-state index contributed by atoms with van der Waals surface area (Å²) in [4.78, 5) is 3.71. The smallest absolute Gasteiger partial charge is 0.0624 e. The maximum Gasteiger partial charge on any atom is 0.0624 e. The zero-order chi connectivity index (χ0) is 27.2. The molecule has 1 saturated heterocycles. The number of thiophene rings is 1. The van der Waals surface area contributed by atoms with E-state index >= 15 is 0 Å². The van der Waals surface area contributed by atoms with E-state index in [1.807, 2.05) is 6.07 Å². The van der Waals surface area contributed by atoms with Gasteiger partial charge < -0.3 is 15.8 Å². The van der Waals surface area contributed by atoms with Crippen LogP contribution in [-0.4, -0.2) is 37.7 Å². The third-order valence-corrected chi connectivity index (χ3v) is 8.71. The van der Waals surface area contributed by atoms with Crippen LogP contribution >= 0.6 is 11.3 Å². The summed E-state index contributed by atoms with van der Waals surface area (Å²) in [6, 6.07) is 17.4. The molecule has 0 unspecified atom stereocenters. The topological polar surface area (TPSA) is 50.5 Å². The molecular weight excluding hydrogens is 498 g/mol. The van der Waals surface area contributed by atoms with E-state index in [1.165, 1.54) is 69.8 Å². The summed E-state index contributed by atoms with van der Waals surface area (Å²) in [7, 11) is 0. The third-order valence-electron chi connectivity index (χ3n) is 7.79. The molecule has 0 atom stereocenters. The Kier molecular flexibility index (Phi) is 9.23. The van der Waals surface area contributed by atoms with Gasteiger partial charge in [-0.05, 0) is 116 Å². The fourth-order valence-electron chi connectivity index (χ4n) is 5.07. The number of hydrogen-bond donors (Lipinski definition) is 2. The van der Waals surface area contributed by atoms with Crippen molar-refractivity contribution >= 4 is 34.5 Å². The summed E-state index contributed by atoms with van der Waals surface area (Å²) in [5.41, 5.74) is 17.5. The number of hydrogen-bond acceptors (Lipinski definition) is 5. The Morgan fingerprint density at radius 3 is 2.56 bits per heavy atom. The van der Waals surface area contributed by atoms with Crippen molar-refractivity contribution < 1.29 is 4.74 Å². The molecule has 0 bridgehead atoms. The molecule has 2 heterocycles. The SMILES string of the molecule is C/C(=C\c1cc(C(Nc2cc(-c3cccs3)ccc2N)=C2CC2)ccc1C)C1CC1.CCCN1CCOCC1. The molecule has 1 aromatic heterocycles. The number of nitrogens with zero attached hydrogens (tertiary/aromatic N) is 1. The maximum absolute atomic E-state index is 6.36. The first kappa shape index (κ1) is 27.7. The van der Waals surface area contributed by atoms with Crippen molar-refractivity contribution in [1.82, 2.24) is 4.90 Å². The van der Waals surface area contributed by atoms with E-state index in [2.05, 4.69) is 84.9 Å². The number of allylic oxidation sites excluding steroid dienone is 2. The van der Waals surface area contributed by atoms with Gasteiger partial charge in [0.1, 0.15) is 0 Å². The van der Waals surface area contributed by atoms with E-state index in [1.54, 1.807) is 11.3 Å². The number of aryl methyl sites for hydroxylation is 1. The molecule has 0 amide bonds. The number of rotatable bonds is 8. The van der Waals surface area contributed by atoms with Gasteiger partial charge >= 0.3 is 0 Å². The second-order valence-electron chi connectivity index (χ2n) is 11.1. The van der Waals surface area contributed by atoms with E-state index in [0.717, 1.165) is 56.4 Å². The first-order chi connectivity index (χ1) is 19.0. The van der Waals surface area contributed by atoms with Crippen molar-refractivity contribution in [3.63, 3.8) is 0 Å². The van der Waals surface area contributed by atoms with E-state index in [9.17, 15) is 0 Å². The molecule has 4 nitrogen and oxygen atoms in total. The number of anilines is 2. The first-order valence-corrected chi connectivity index (χ1v) is 15.4. The minimum absolute atomic E-state index is 0.783. The summed E-state index contributed by atoms with van der Waals surface area (Å²) in [6.45, 7) is 12.1. The average molecular weight is 542 g/mol.